The van der Waals surface area contributed by atoms with Crippen molar-refractivity contribution in [3.8, 4) is 0 Å². The van der Waals surface area contributed by atoms with Crippen LogP contribution in [0.3, 0.4) is 0 Å². The van der Waals surface area contributed by atoms with Crippen LogP contribution in [-0.2, 0) is 0 Å². The van der Waals surface area contributed by atoms with Crippen molar-refractivity contribution in [3.63, 3.8) is 0 Å². The number of halogens is 4. The van der Waals surface area contributed by atoms with Crippen LogP contribution in [-0.4, -0.2) is 0 Å². The van der Waals surface area contributed by atoms with Crippen molar-refractivity contribution in [2.45, 2.75) is 13.0 Å². The van der Waals surface area contributed by atoms with Gasteiger partial charge in [-0.2, -0.15) is 0 Å². The van der Waals surface area contributed by atoms with Crippen LogP contribution >= 0.6 is 15.9 Å². The Bertz CT molecular complexity index is 581. The lowest BCUT2D eigenvalue weighted by molar-refractivity contribution is 0.577. The lowest BCUT2D eigenvalue weighted by Gasteiger charge is -2.17. The van der Waals surface area contributed by atoms with Crippen molar-refractivity contribution in [3.05, 3.63) is 63.9 Å². The molecular formula is C14H11BrF3N. The molecule has 2 aromatic rings. The van der Waals surface area contributed by atoms with Crippen LogP contribution < -0.4 is 5.32 Å². The third-order valence-electron chi connectivity index (χ3n) is 2.69. The molecule has 0 fully saturated rings. The molecule has 5 heteroatoms. The summed E-state index contributed by atoms with van der Waals surface area (Å²) in [5.41, 5.74) is 1.13. The van der Waals surface area contributed by atoms with E-state index in [-0.39, 0.29) is 11.9 Å². The minimum atomic E-state index is -0.623. The van der Waals surface area contributed by atoms with Crippen LogP contribution in [0.5, 0.6) is 0 Å². The fourth-order valence-corrected chi connectivity index (χ4v) is 2.21. The molecule has 0 aliphatic rings. The van der Waals surface area contributed by atoms with Crippen molar-refractivity contribution < 1.29 is 13.2 Å². The smallest absolute Gasteiger partial charge is 0.126 e. The molecule has 2 aromatic carbocycles. The molecule has 1 atom stereocenters. The third kappa shape index (κ3) is 3.50. The Balaban J connectivity index is 2.22. The number of nitrogens with one attached hydrogen (secondary N) is 1. The first-order valence-electron chi connectivity index (χ1n) is 5.63. The summed E-state index contributed by atoms with van der Waals surface area (Å²) in [7, 11) is 0. The van der Waals surface area contributed by atoms with Gasteiger partial charge in [0.05, 0.1) is 0 Å². The Hall–Kier alpha value is -1.49. The normalized spacial score (nSPS) is 12.3. The molecule has 0 saturated carbocycles. The zero-order chi connectivity index (χ0) is 14.0. The van der Waals surface area contributed by atoms with Gasteiger partial charge in [0.1, 0.15) is 17.5 Å². The molecule has 0 amide bonds. The van der Waals surface area contributed by atoms with Gasteiger partial charge in [0.25, 0.3) is 0 Å². The fourth-order valence-electron chi connectivity index (χ4n) is 1.75. The maximum atomic E-state index is 13.1. The Morgan fingerprint density at radius 3 is 2.16 bits per heavy atom. The lowest BCUT2D eigenvalue weighted by Crippen LogP contribution is -2.08. The highest BCUT2D eigenvalue weighted by Gasteiger charge is 2.10. The molecule has 1 unspecified atom stereocenters. The first-order chi connectivity index (χ1) is 8.95. The number of anilines is 1. The summed E-state index contributed by atoms with van der Waals surface area (Å²) < 4.78 is 39.8. The van der Waals surface area contributed by atoms with E-state index >= 15 is 0 Å². The average molecular weight is 330 g/mol. The molecule has 1 nitrogen and oxygen atoms in total. The van der Waals surface area contributed by atoms with E-state index in [0.717, 1.165) is 6.07 Å². The van der Waals surface area contributed by atoms with E-state index < -0.39 is 11.6 Å². The van der Waals surface area contributed by atoms with Gasteiger partial charge in [-0.3, -0.25) is 0 Å². The van der Waals surface area contributed by atoms with Gasteiger partial charge >= 0.3 is 0 Å². The van der Waals surface area contributed by atoms with Crippen molar-refractivity contribution in [2.24, 2.45) is 0 Å². The second kappa shape index (κ2) is 5.65. The summed E-state index contributed by atoms with van der Waals surface area (Å²) in [6, 6.07) is 7.23. The van der Waals surface area contributed by atoms with Crippen LogP contribution in [0.2, 0.25) is 0 Å². The van der Waals surface area contributed by atoms with Gasteiger partial charge in [-0.15, -0.1) is 0 Å². The van der Waals surface area contributed by atoms with E-state index in [1.165, 1.54) is 24.3 Å². The molecule has 0 heterocycles. The Morgan fingerprint density at radius 2 is 1.58 bits per heavy atom. The Kier molecular flexibility index (Phi) is 4.14. The number of hydrogen-bond acceptors (Lipinski definition) is 1. The molecule has 1 N–H and O–H groups in total. The van der Waals surface area contributed by atoms with Crippen LogP contribution in [0.4, 0.5) is 18.9 Å². The zero-order valence-electron chi connectivity index (χ0n) is 10.1. The maximum Gasteiger partial charge on any atom is 0.126 e. The molecule has 0 bridgehead atoms. The predicted molar refractivity (Wildman–Crippen MR) is 72.5 cm³/mol. The topological polar surface area (TPSA) is 12.0 Å². The van der Waals surface area contributed by atoms with Crippen molar-refractivity contribution in [1.82, 2.24) is 0 Å². The SMILES string of the molecule is CC(Nc1ccc(F)cc1Br)c1cc(F)cc(F)c1. The van der Waals surface area contributed by atoms with Gasteiger partial charge in [0, 0.05) is 22.3 Å². The molecule has 2 rings (SSSR count). The molecule has 0 aromatic heterocycles. The minimum absolute atomic E-state index is 0.313. The lowest BCUT2D eigenvalue weighted by atomic mass is 10.1. The van der Waals surface area contributed by atoms with Crippen molar-refractivity contribution in [2.75, 3.05) is 5.32 Å². The summed E-state index contributed by atoms with van der Waals surface area (Å²) in [5, 5.41) is 3.06. The molecule has 0 aliphatic carbocycles. The van der Waals surface area contributed by atoms with Crippen LogP contribution in [0.1, 0.15) is 18.5 Å². The van der Waals surface area contributed by atoms with Gasteiger partial charge in [-0.1, -0.05) is 0 Å². The van der Waals surface area contributed by atoms with Crippen LogP contribution in [0.25, 0.3) is 0 Å². The molecule has 0 aliphatic heterocycles. The van der Waals surface area contributed by atoms with E-state index in [1.807, 2.05) is 0 Å². The van der Waals surface area contributed by atoms with E-state index in [4.69, 9.17) is 0 Å². The van der Waals surface area contributed by atoms with Crippen molar-refractivity contribution >= 4 is 21.6 Å². The number of hydrogen-bond donors (Lipinski definition) is 1. The van der Waals surface area contributed by atoms with Crippen LogP contribution in [0, 0.1) is 17.5 Å². The standard InChI is InChI=1S/C14H11BrF3N/c1-8(9-4-11(17)6-12(18)5-9)19-14-3-2-10(16)7-13(14)15/h2-8,19H,1H3. The van der Waals surface area contributed by atoms with E-state index in [0.29, 0.717) is 15.7 Å². The molecule has 19 heavy (non-hydrogen) atoms. The predicted octanol–water partition coefficient (Wildman–Crippen LogP) is 5.04. The Morgan fingerprint density at radius 1 is 0.947 bits per heavy atom. The first-order valence-corrected chi connectivity index (χ1v) is 6.42. The zero-order valence-corrected chi connectivity index (χ0v) is 11.6. The summed E-state index contributed by atoms with van der Waals surface area (Å²) in [4.78, 5) is 0. The summed E-state index contributed by atoms with van der Waals surface area (Å²) in [6.07, 6.45) is 0. The largest absolute Gasteiger partial charge is 0.378 e. The quantitative estimate of drug-likeness (QED) is 0.831. The second-order valence-corrected chi connectivity index (χ2v) is 5.05. The molecule has 100 valence electrons. The van der Waals surface area contributed by atoms with E-state index in [2.05, 4.69) is 21.2 Å². The number of benzene rings is 2. The molecule has 0 saturated heterocycles. The molecule has 0 radical (unpaired) electrons. The minimum Gasteiger partial charge on any atom is -0.378 e. The monoisotopic (exact) mass is 329 g/mol. The van der Waals surface area contributed by atoms with E-state index in [1.54, 1.807) is 13.0 Å². The molecule has 0 spiro atoms. The van der Waals surface area contributed by atoms with Crippen LogP contribution in [0.15, 0.2) is 40.9 Å². The van der Waals surface area contributed by atoms with Gasteiger partial charge in [0.2, 0.25) is 0 Å². The van der Waals surface area contributed by atoms with Crippen molar-refractivity contribution in [1.29, 1.82) is 0 Å². The third-order valence-corrected chi connectivity index (χ3v) is 3.34. The average Bonchev–Trinajstić information content (AvgIpc) is 2.31. The summed E-state index contributed by atoms with van der Waals surface area (Å²) in [6.45, 7) is 1.77. The highest BCUT2D eigenvalue weighted by Crippen LogP contribution is 2.27. The van der Waals surface area contributed by atoms with E-state index in [9.17, 15) is 13.2 Å². The van der Waals surface area contributed by atoms with Gasteiger partial charge in [0.15, 0.2) is 0 Å². The highest BCUT2D eigenvalue weighted by atomic mass is 79.9. The van der Waals surface area contributed by atoms with Gasteiger partial charge < -0.3 is 5.32 Å². The highest BCUT2D eigenvalue weighted by molar-refractivity contribution is 9.10. The molecular weight excluding hydrogens is 319 g/mol. The first kappa shape index (κ1) is 13.9. The maximum absolute atomic E-state index is 13.1. The fraction of sp³-hybridized carbons (Fsp3) is 0.143. The van der Waals surface area contributed by atoms with Gasteiger partial charge in [-0.05, 0) is 58.7 Å². The van der Waals surface area contributed by atoms with Gasteiger partial charge in [-0.25, -0.2) is 13.2 Å². The Labute approximate surface area is 117 Å². The summed E-state index contributed by atoms with van der Waals surface area (Å²) >= 11 is 3.23. The second-order valence-electron chi connectivity index (χ2n) is 4.19. The number of rotatable bonds is 3. The summed E-state index contributed by atoms with van der Waals surface area (Å²) in [5.74, 6) is -1.61.